The predicted octanol–water partition coefficient (Wildman–Crippen LogP) is 1.65. The highest BCUT2D eigenvalue weighted by atomic mass is 32.1. The van der Waals surface area contributed by atoms with Crippen LogP contribution in [0.1, 0.15) is 5.56 Å². The lowest BCUT2D eigenvalue weighted by atomic mass is 10.2. The minimum absolute atomic E-state index is 0.295. The Kier molecular flexibility index (Phi) is 2.98. The number of ether oxygens (including phenoxy) is 1. The number of rotatable bonds is 3. The van der Waals surface area contributed by atoms with E-state index in [2.05, 4.69) is 17.4 Å². The normalized spacial score (nSPS) is 9.18. The van der Waals surface area contributed by atoms with Crippen molar-refractivity contribution in [2.45, 2.75) is 11.5 Å². The SMILES string of the molecule is O=COCc1ccccc1S. The summed E-state index contributed by atoms with van der Waals surface area (Å²) in [5.74, 6) is 0. The molecule has 0 saturated carbocycles. The fourth-order valence-corrected chi connectivity index (χ4v) is 0.982. The van der Waals surface area contributed by atoms with E-state index in [1.54, 1.807) is 0 Å². The van der Waals surface area contributed by atoms with Crippen molar-refractivity contribution in [3.63, 3.8) is 0 Å². The van der Waals surface area contributed by atoms with Crippen molar-refractivity contribution in [1.29, 1.82) is 0 Å². The van der Waals surface area contributed by atoms with E-state index in [0.717, 1.165) is 10.5 Å². The second-order valence-electron chi connectivity index (χ2n) is 2.04. The molecule has 1 aromatic rings. The summed E-state index contributed by atoms with van der Waals surface area (Å²) in [7, 11) is 0. The van der Waals surface area contributed by atoms with E-state index < -0.39 is 0 Å². The largest absolute Gasteiger partial charge is 0.463 e. The van der Waals surface area contributed by atoms with Gasteiger partial charge in [0.25, 0.3) is 6.47 Å². The maximum atomic E-state index is 9.84. The third-order valence-corrected chi connectivity index (χ3v) is 1.73. The summed E-state index contributed by atoms with van der Waals surface area (Å²) in [6.07, 6.45) is 0. The van der Waals surface area contributed by atoms with Crippen LogP contribution >= 0.6 is 12.6 Å². The van der Waals surface area contributed by atoms with E-state index in [1.807, 2.05) is 24.3 Å². The van der Waals surface area contributed by atoms with Crippen LogP contribution in [0.2, 0.25) is 0 Å². The van der Waals surface area contributed by atoms with E-state index >= 15 is 0 Å². The fraction of sp³-hybridized carbons (Fsp3) is 0.125. The predicted molar refractivity (Wildman–Crippen MR) is 44.5 cm³/mol. The molecule has 0 unspecified atom stereocenters. The van der Waals surface area contributed by atoms with Crippen molar-refractivity contribution in [2.75, 3.05) is 0 Å². The summed E-state index contributed by atoms with van der Waals surface area (Å²) < 4.78 is 4.57. The zero-order valence-corrected chi connectivity index (χ0v) is 6.75. The topological polar surface area (TPSA) is 26.3 Å². The quantitative estimate of drug-likeness (QED) is 0.548. The molecular formula is C8H8O2S. The van der Waals surface area contributed by atoms with Crippen LogP contribution in [0.15, 0.2) is 29.2 Å². The highest BCUT2D eigenvalue weighted by molar-refractivity contribution is 7.80. The molecule has 11 heavy (non-hydrogen) atoms. The summed E-state index contributed by atoms with van der Waals surface area (Å²) in [6, 6.07) is 7.48. The van der Waals surface area contributed by atoms with Crippen molar-refractivity contribution < 1.29 is 9.53 Å². The molecule has 0 spiro atoms. The number of carbonyl (C=O) groups excluding carboxylic acids is 1. The van der Waals surface area contributed by atoms with E-state index in [9.17, 15) is 4.79 Å². The van der Waals surface area contributed by atoms with Gasteiger partial charge in [0.15, 0.2) is 0 Å². The van der Waals surface area contributed by atoms with Crippen LogP contribution in [0.3, 0.4) is 0 Å². The van der Waals surface area contributed by atoms with Crippen molar-refractivity contribution in [3.05, 3.63) is 29.8 Å². The molecule has 0 aliphatic rings. The van der Waals surface area contributed by atoms with Crippen LogP contribution in [0.5, 0.6) is 0 Å². The highest BCUT2D eigenvalue weighted by Gasteiger charge is 1.95. The van der Waals surface area contributed by atoms with E-state index in [-0.39, 0.29) is 0 Å². The molecule has 0 heterocycles. The number of thiol groups is 1. The third kappa shape index (κ3) is 2.27. The van der Waals surface area contributed by atoms with Crippen LogP contribution < -0.4 is 0 Å². The first-order valence-corrected chi connectivity index (χ1v) is 3.61. The van der Waals surface area contributed by atoms with Gasteiger partial charge in [-0.3, -0.25) is 4.79 Å². The van der Waals surface area contributed by atoms with Gasteiger partial charge in [0.2, 0.25) is 0 Å². The Bertz CT molecular complexity index is 248. The average Bonchev–Trinajstić information content (AvgIpc) is 2.03. The van der Waals surface area contributed by atoms with E-state index in [4.69, 9.17) is 0 Å². The molecule has 0 aromatic heterocycles. The standard InChI is InChI=1S/C8H8O2S/c9-6-10-5-7-3-1-2-4-8(7)11/h1-4,6,11H,5H2. The molecule has 2 nitrogen and oxygen atoms in total. The van der Waals surface area contributed by atoms with Crippen molar-refractivity contribution >= 4 is 19.1 Å². The van der Waals surface area contributed by atoms with Crippen molar-refractivity contribution in [3.8, 4) is 0 Å². The number of hydrogen-bond donors (Lipinski definition) is 1. The average molecular weight is 168 g/mol. The van der Waals surface area contributed by atoms with Crippen LogP contribution in [0.4, 0.5) is 0 Å². The summed E-state index contributed by atoms with van der Waals surface area (Å²) in [5.41, 5.74) is 0.919. The summed E-state index contributed by atoms with van der Waals surface area (Å²) >= 11 is 4.17. The Hall–Kier alpha value is -0.960. The van der Waals surface area contributed by atoms with Crippen molar-refractivity contribution in [2.24, 2.45) is 0 Å². The second-order valence-corrected chi connectivity index (χ2v) is 2.52. The number of carbonyl (C=O) groups is 1. The highest BCUT2D eigenvalue weighted by Crippen LogP contribution is 2.12. The van der Waals surface area contributed by atoms with Crippen LogP contribution in [-0.4, -0.2) is 6.47 Å². The lowest BCUT2D eigenvalue weighted by Crippen LogP contribution is -1.90. The molecule has 0 radical (unpaired) electrons. The van der Waals surface area contributed by atoms with Gasteiger partial charge >= 0.3 is 0 Å². The zero-order valence-electron chi connectivity index (χ0n) is 5.86. The summed E-state index contributed by atoms with van der Waals surface area (Å²) in [5, 5.41) is 0. The molecule has 58 valence electrons. The first-order chi connectivity index (χ1) is 5.34. The summed E-state index contributed by atoms with van der Waals surface area (Å²) in [6.45, 7) is 0.726. The number of hydrogen-bond acceptors (Lipinski definition) is 3. The van der Waals surface area contributed by atoms with Gasteiger partial charge in [0.05, 0.1) is 0 Å². The first kappa shape index (κ1) is 8.14. The zero-order chi connectivity index (χ0) is 8.10. The van der Waals surface area contributed by atoms with Gasteiger partial charge < -0.3 is 4.74 Å². The summed E-state index contributed by atoms with van der Waals surface area (Å²) in [4.78, 5) is 10.7. The molecule has 3 heteroatoms. The van der Waals surface area contributed by atoms with Crippen LogP contribution in [0.25, 0.3) is 0 Å². The van der Waals surface area contributed by atoms with Gasteiger partial charge in [-0.05, 0) is 6.07 Å². The molecule has 0 fully saturated rings. The molecule has 0 bridgehead atoms. The van der Waals surface area contributed by atoms with Gasteiger partial charge in [-0.15, -0.1) is 12.6 Å². The molecule has 0 saturated heterocycles. The van der Waals surface area contributed by atoms with Crippen LogP contribution in [0, 0.1) is 0 Å². The maximum Gasteiger partial charge on any atom is 0.293 e. The van der Waals surface area contributed by atoms with Gasteiger partial charge in [-0.2, -0.15) is 0 Å². The lowest BCUT2D eigenvalue weighted by molar-refractivity contribution is -0.129. The molecule has 1 rings (SSSR count). The molecule has 1 aromatic carbocycles. The van der Waals surface area contributed by atoms with Crippen LogP contribution in [-0.2, 0) is 16.1 Å². The van der Waals surface area contributed by atoms with E-state index in [1.165, 1.54) is 0 Å². The van der Waals surface area contributed by atoms with Gasteiger partial charge in [-0.25, -0.2) is 0 Å². The smallest absolute Gasteiger partial charge is 0.293 e. The van der Waals surface area contributed by atoms with Crippen molar-refractivity contribution in [1.82, 2.24) is 0 Å². The first-order valence-electron chi connectivity index (χ1n) is 3.16. The molecule has 0 atom stereocenters. The maximum absolute atomic E-state index is 9.84. The minimum Gasteiger partial charge on any atom is -0.463 e. The molecule has 0 aliphatic heterocycles. The Balaban J connectivity index is 2.69. The molecule has 0 N–H and O–H groups in total. The number of benzene rings is 1. The Morgan fingerprint density at radius 1 is 1.45 bits per heavy atom. The van der Waals surface area contributed by atoms with Gasteiger partial charge in [-0.1, -0.05) is 18.2 Å². The minimum atomic E-state index is 0.295. The Morgan fingerprint density at radius 2 is 2.18 bits per heavy atom. The monoisotopic (exact) mass is 168 g/mol. The molecule has 0 amide bonds. The molecular weight excluding hydrogens is 160 g/mol. The Morgan fingerprint density at radius 3 is 2.82 bits per heavy atom. The third-order valence-electron chi connectivity index (χ3n) is 1.30. The lowest BCUT2D eigenvalue weighted by Gasteiger charge is -2.01. The van der Waals surface area contributed by atoms with Gasteiger partial charge in [0, 0.05) is 10.5 Å². The fourth-order valence-electron chi connectivity index (χ4n) is 0.757. The van der Waals surface area contributed by atoms with Gasteiger partial charge in [0.1, 0.15) is 6.61 Å². The Labute approximate surface area is 70.6 Å². The van der Waals surface area contributed by atoms with E-state index in [0.29, 0.717) is 13.1 Å². The second kappa shape index (κ2) is 4.03. The molecule has 0 aliphatic carbocycles.